The van der Waals surface area contributed by atoms with E-state index in [1.807, 2.05) is 19.1 Å². The van der Waals surface area contributed by atoms with Crippen molar-refractivity contribution in [1.29, 1.82) is 0 Å². The van der Waals surface area contributed by atoms with E-state index in [4.69, 9.17) is 0 Å². The Bertz CT molecular complexity index is 620. The highest BCUT2D eigenvalue weighted by molar-refractivity contribution is 7.17. The number of aromatic carboxylic acids is 1. The standard InChI is InChI=1S/C17H22N2O2S/c1-3-5-7-12-8-10-13(11-9-12)18-17-19-14(6-4-2)15(22-17)16(20)21/h8-11H,3-7H2,1-2H3,(H,18,19)(H,20,21). The SMILES string of the molecule is CCCCc1ccc(Nc2nc(CCC)c(C(=O)O)s2)cc1. The van der Waals surface area contributed by atoms with Crippen molar-refractivity contribution in [2.45, 2.75) is 46.0 Å². The van der Waals surface area contributed by atoms with Gasteiger partial charge in [-0.2, -0.15) is 0 Å². The third-order valence-electron chi connectivity index (χ3n) is 3.40. The van der Waals surface area contributed by atoms with Gasteiger partial charge in [0.15, 0.2) is 5.13 Å². The molecule has 2 N–H and O–H groups in total. The lowest BCUT2D eigenvalue weighted by molar-refractivity contribution is 0.0700. The molecule has 0 saturated carbocycles. The fourth-order valence-electron chi connectivity index (χ4n) is 2.24. The van der Waals surface area contributed by atoms with Crippen LogP contribution >= 0.6 is 11.3 Å². The van der Waals surface area contributed by atoms with E-state index < -0.39 is 5.97 Å². The minimum Gasteiger partial charge on any atom is -0.477 e. The van der Waals surface area contributed by atoms with Crippen LogP contribution in [0.15, 0.2) is 24.3 Å². The summed E-state index contributed by atoms with van der Waals surface area (Å²) in [5.74, 6) is -0.899. The van der Waals surface area contributed by atoms with E-state index in [2.05, 4.69) is 29.4 Å². The molecule has 2 rings (SSSR count). The fourth-order valence-corrected chi connectivity index (χ4v) is 3.11. The van der Waals surface area contributed by atoms with Crippen molar-refractivity contribution in [3.05, 3.63) is 40.4 Å². The molecule has 1 heterocycles. The second-order valence-electron chi connectivity index (χ2n) is 5.28. The number of aromatic nitrogens is 1. The monoisotopic (exact) mass is 318 g/mol. The maximum atomic E-state index is 11.3. The number of carbonyl (C=O) groups is 1. The van der Waals surface area contributed by atoms with Crippen LogP contribution in [-0.4, -0.2) is 16.1 Å². The van der Waals surface area contributed by atoms with Crippen LogP contribution in [0.4, 0.5) is 10.8 Å². The molecular formula is C17H22N2O2S. The summed E-state index contributed by atoms with van der Waals surface area (Å²) < 4.78 is 0. The lowest BCUT2D eigenvalue weighted by Crippen LogP contribution is -1.98. The summed E-state index contributed by atoms with van der Waals surface area (Å²) in [6.07, 6.45) is 5.06. The Labute approximate surface area is 135 Å². The van der Waals surface area contributed by atoms with Crippen LogP contribution in [0.2, 0.25) is 0 Å². The molecule has 0 saturated heterocycles. The Balaban J connectivity index is 2.09. The van der Waals surface area contributed by atoms with E-state index in [1.54, 1.807) is 0 Å². The smallest absolute Gasteiger partial charge is 0.347 e. The number of thiazole rings is 1. The zero-order valence-corrected chi connectivity index (χ0v) is 13.9. The summed E-state index contributed by atoms with van der Waals surface area (Å²) in [7, 11) is 0. The van der Waals surface area contributed by atoms with Gasteiger partial charge < -0.3 is 10.4 Å². The molecule has 0 aliphatic rings. The molecule has 0 unspecified atom stereocenters. The van der Waals surface area contributed by atoms with Gasteiger partial charge in [0.25, 0.3) is 0 Å². The highest BCUT2D eigenvalue weighted by Crippen LogP contribution is 2.27. The second-order valence-corrected chi connectivity index (χ2v) is 6.27. The van der Waals surface area contributed by atoms with Crippen LogP contribution in [-0.2, 0) is 12.8 Å². The Kier molecular flexibility index (Phi) is 5.95. The maximum Gasteiger partial charge on any atom is 0.347 e. The molecule has 0 bridgehead atoms. The number of aryl methyl sites for hydroxylation is 2. The molecular weight excluding hydrogens is 296 g/mol. The van der Waals surface area contributed by atoms with Crippen LogP contribution < -0.4 is 5.32 Å². The molecule has 2 aromatic rings. The zero-order chi connectivity index (χ0) is 15.9. The predicted octanol–water partition coefficient (Wildman–Crippen LogP) is 4.88. The molecule has 1 aromatic carbocycles. The first kappa shape index (κ1) is 16.5. The highest BCUT2D eigenvalue weighted by Gasteiger charge is 2.16. The molecule has 118 valence electrons. The molecule has 5 heteroatoms. The summed E-state index contributed by atoms with van der Waals surface area (Å²) in [6.45, 7) is 4.21. The van der Waals surface area contributed by atoms with Gasteiger partial charge in [-0.3, -0.25) is 0 Å². The molecule has 0 fully saturated rings. The summed E-state index contributed by atoms with van der Waals surface area (Å²) in [4.78, 5) is 16.0. The minimum absolute atomic E-state index is 0.337. The number of hydrogen-bond donors (Lipinski definition) is 2. The van der Waals surface area contributed by atoms with E-state index in [9.17, 15) is 9.90 Å². The lowest BCUT2D eigenvalue weighted by atomic mass is 10.1. The van der Waals surface area contributed by atoms with Crippen molar-refractivity contribution in [2.24, 2.45) is 0 Å². The largest absolute Gasteiger partial charge is 0.477 e. The first-order chi connectivity index (χ1) is 10.6. The van der Waals surface area contributed by atoms with Crippen molar-refractivity contribution < 1.29 is 9.90 Å². The molecule has 4 nitrogen and oxygen atoms in total. The molecule has 0 aliphatic carbocycles. The van der Waals surface area contributed by atoms with E-state index in [0.29, 0.717) is 22.1 Å². The second kappa shape index (κ2) is 7.94. The van der Waals surface area contributed by atoms with Gasteiger partial charge in [0.05, 0.1) is 5.69 Å². The van der Waals surface area contributed by atoms with Gasteiger partial charge in [0.2, 0.25) is 0 Å². The van der Waals surface area contributed by atoms with Crippen LogP contribution in [0.3, 0.4) is 0 Å². The molecule has 0 atom stereocenters. The Morgan fingerprint density at radius 1 is 1.18 bits per heavy atom. The maximum absolute atomic E-state index is 11.3. The molecule has 0 radical (unpaired) electrons. The topological polar surface area (TPSA) is 62.2 Å². The van der Waals surface area contributed by atoms with E-state index in [0.717, 1.165) is 18.5 Å². The van der Waals surface area contributed by atoms with Gasteiger partial charge in [-0.25, -0.2) is 9.78 Å². The predicted molar refractivity (Wildman–Crippen MR) is 91.4 cm³/mol. The zero-order valence-electron chi connectivity index (χ0n) is 13.1. The normalized spacial score (nSPS) is 10.6. The molecule has 0 amide bonds. The Morgan fingerprint density at radius 3 is 2.50 bits per heavy atom. The van der Waals surface area contributed by atoms with Crippen LogP contribution in [0, 0.1) is 0 Å². The van der Waals surface area contributed by atoms with Crippen molar-refractivity contribution >= 4 is 28.1 Å². The summed E-state index contributed by atoms with van der Waals surface area (Å²) in [5, 5.41) is 13.1. The first-order valence-corrected chi connectivity index (χ1v) is 8.54. The number of unbranched alkanes of at least 4 members (excludes halogenated alkanes) is 1. The quantitative estimate of drug-likeness (QED) is 0.728. The van der Waals surface area contributed by atoms with Crippen LogP contribution in [0.1, 0.15) is 54.0 Å². The Morgan fingerprint density at radius 2 is 1.91 bits per heavy atom. The van der Waals surface area contributed by atoms with Crippen LogP contribution in [0.5, 0.6) is 0 Å². The number of rotatable bonds is 8. The number of hydrogen-bond acceptors (Lipinski definition) is 4. The molecule has 0 spiro atoms. The van der Waals surface area contributed by atoms with Crippen molar-refractivity contribution in [3.63, 3.8) is 0 Å². The summed E-state index contributed by atoms with van der Waals surface area (Å²) in [5.41, 5.74) is 2.93. The number of benzene rings is 1. The highest BCUT2D eigenvalue weighted by atomic mass is 32.1. The minimum atomic E-state index is -0.899. The van der Waals surface area contributed by atoms with Gasteiger partial charge in [0.1, 0.15) is 4.88 Å². The number of carboxylic acid groups (broad SMARTS) is 1. The molecule has 22 heavy (non-hydrogen) atoms. The average Bonchev–Trinajstić information content (AvgIpc) is 2.90. The number of anilines is 2. The third kappa shape index (κ3) is 4.31. The van der Waals surface area contributed by atoms with E-state index in [1.165, 1.54) is 29.7 Å². The number of carboxylic acids is 1. The number of nitrogens with zero attached hydrogens (tertiary/aromatic N) is 1. The van der Waals surface area contributed by atoms with E-state index >= 15 is 0 Å². The summed E-state index contributed by atoms with van der Waals surface area (Å²) in [6, 6.07) is 8.26. The van der Waals surface area contributed by atoms with Gasteiger partial charge in [-0.15, -0.1) is 0 Å². The van der Waals surface area contributed by atoms with Crippen molar-refractivity contribution in [1.82, 2.24) is 4.98 Å². The first-order valence-electron chi connectivity index (χ1n) is 7.73. The third-order valence-corrected chi connectivity index (χ3v) is 4.40. The van der Waals surface area contributed by atoms with Crippen molar-refractivity contribution in [2.75, 3.05) is 5.32 Å². The Hall–Kier alpha value is -1.88. The summed E-state index contributed by atoms with van der Waals surface area (Å²) >= 11 is 1.20. The van der Waals surface area contributed by atoms with Crippen LogP contribution in [0.25, 0.3) is 0 Å². The fraction of sp³-hybridized carbons (Fsp3) is 0.412. The van der Waals surface area contributed by atoms with Gasteiger partial charge >= 0.3 is 5.97 Å². The van der Waals surface area contributed by atoms with Gasteiger partial charge in [0, 0.05) is 5.69 Å². The van der Waals surface area contributed by atoms with Gasteiger partial charge in [-0.1, -0.05) is 50.2 Å². The number of nitrogens with one attached hydrogen (secondary N) is 1. The average molecular weight is 318 g/mol. The molecule has 0 aliphatic heterocycles. The molecule has 1 aromatic heterocycles. The van der Waals surface area contributed by atoms with Gasteiger partial charge in [-0.05, 0) is 37.0 Å². The lowest BCUT2D eigenvalue weighted by Gasteiger charge is -2.04. The van der Waals surface area contributed by atoms with E-state index in [-0.39, 0.29) is 0 Å². The van der Waals surface area contributed by atoms with Crippen molar-refractivity contribution in [3.8, 4) is 0 Å².